The van der Waals surface area contributed by atoms with E-state index in [1.165, 1.54) is 12.1 Å². The van der Waals surface area contributed by atoms with E-state index in [-0.39, 0.29) is 5.56 Å². The lowest BCUT2D eigenvalue weighted by molar-refractivity contribution is -0.138. The number of aryl methyl sites for hydroxylation is 1. The molecule has 2 atom stereocenters. The largest absolute Gasteiger partial charge is 0.416 e. The van der Waals surface area contributed by atoms with Gasteiger partial charge in [0.15, 0.2) is 0 Å². The molecule has 4 nitrogen and oxygen atoms in total. The number of nitrogens with zero attached hydrogens (tertiary/aromatic N) is 3. The van der Waals surface area contributed by atoms with Gasteiger partial charge < -0.3 is 5.11 Å². The molecule has 1 aromatic heterocycles. The molecule has 0 spiro atoms. The molecule has 0 amide bonds. The predicted molar refractivity (Wildman–Crippen MR) is 83.1 cm³/mol. The number of hydrogen-bond acceptors (Lipinski definition) is 3. The summed E-state index contributed by atoms with van der Waals surface area (Å²) in [6, 6.07) is 5.17. The molecule has 1 aromatic carbocycles. The molecule has 130 valence electrons. The predicted octanol–water partition coefficient (Wildman–Crippen LogP) is 3.23. The quantitative estimate of drug-likeness (QED) is 0.930. The van der Waals surface area contributed by atoms with E-state index in [0.717, 1.165) is 18.2 Å². The Balaban J connectivity index is 1.88. The van der Waals surface area contributed by atoms with Crippen LogP contribution in [-0.2, 0) is 19.3 Å². The second-order valence-corrected chi connectivity index (χ2v) is 6.12. The molecule has 2 aromatic rings. The zero-order chi connectivity index (χ0) is 17.3. The summed E-state index contributed by atoms with van der Waals surface area (Å²) >= 11 is 0. The highest BCUT2D eigenvalue weighted by molar-refractivity contribution is 5.33. The third kappa shape index (κ3) is 3.47. The van der Waals surface area contributed by atoms with E-state index in [2.05, 4.69) is 5.10 Å². The molecule has 1 fully saturated rings. The smallest absolute Gasteiger partial charge is 0.392 e. The molecule has 0 radical (unpaired) electrons. The van der Waals surface area contributed by atoms with Gasteiger partial charge in [-0.15, -0.1) is 0 Å². The molecule has 2 heterocycles. The molecule has 1 N–H and O–H groups in total. The Kier molecular flexibility index (Phi) is 4.64. The van der Waals surface area contributed by atoms with Gasteiger partial charge in [0.25, 0.3) is 0 Å². The second kappa shape index (κ2) is 6.57. The molecule has 3 rings (SSSR count). The van der Waals surface area contributed by atoms with Crippen molar-refractivity contribution in [1.82, 2.24) is 14.7 Å². The molecular formula is C17H20F3N3O. The Labute approximate surface area is 138 Å². The van der Waals surface area contributed by atoms with Crippen molar-refractivity contribution >= 4 is 0 Å². The van der Waals surface area contributed by atoms with Crippen LogP contribution in [0.2, 0.25) is 0 Å². The van der Waals surface area contributed by atoms with Crippen molar-refractivity contribution in [3.05, 3.63) is 53.3 Å². The minimum absolute atomic E-state index is 0.226. The van der Waals surface area contributed by atoms with Crippen LogP contribution in [0.3, 0.4) is 0 Å². The molecule has 7 heteroatoms. The van der Waals surface area contributed by atoms with Gasteiger partial charge in [0, 0.05) is 37.4 Å². The van der Waals surface area contributed by atoms with E-state index < -0.39 is 23.9 Å². The summed E-state index contributed by atoms with van der Waals surface area (Å²) < 4.78 is 41.7. The van der Waals surface area contributed by atoms with Crippen LogP contribution in [0.4, 0.5) is 13.2 Å². The fourth-order valence-electron chi connectivity index (χ4n) is 3.32. The maximum Gasteiger partial charge on any atom is 0.416 e. The van der Waals surface area contributed by atoms with Crippen molar-refractivity contribution in [3.8, 4) is 0 Å². The molecule has 24 heavy (non-hydrogen) atoms. The number of hydrogen-bond donors (Lipinski definition) is 1. The number of aromatic nitrogens is 2. The summed E-state index contributed by atoms with van der Waals surface area (Å²) in [6.45, 7) is 3.53. The van der Waals surface area contributed by atoms with Crippen molar-refractivity contribution in [1.29, 1.82) is 0 Å². The molecule has 0 bridgehead atoms. The Morgan fingerprint density at radius 1 is 1.29 bits per heavy atom. The molecule has 0 unspecified atom stereocenters. The lowest BCUT2D eigenvalue weighted by Crippen LogP contribution is -2.25. The van der Waals surface area contributed by atoms with E-state index in [0.29, 0.717) is 19.5 Å². The third-order valence-electron chi connectivity index (χ3n) is 4.40. The molecule has 0 aliphatic carbocycles. The summed E-state index contributed by atoms with van der Waals surface area (Å²) in [6.07, 6.45) is -1.12. The van der Waals surface area contributed by atoms with Crippen LogP contribution in [0.15, 0.2) is 36.7 Å². The maximum absolute atomic E-state index is 13.3. The first-order chi connectivity index (χ1) is 11.4. The summed E-state index contributed by atoms with van der Waals surface area (Å²) in [4.78, 5) is 1.90. The normalized spacial score (nSPS) is 22.2. The van der Waals surface area contributed by atoms with Gasteiger partial charge in [-0.05, 0) is 25.0 Å². The monoisotopic (exact) mass is 339 g/mol. The van der Waals surface area contributed by atoms with Gasteiger partial charge in [-0.25, -0.2) is 0 Å². The standard InChI is InChI=1S/C17H20F3N3O/c1-2-23-10-12(8-21-23)9-22-11-13(24)7-16(22)14-5-3-4-6-15(14)17(18,19)20/h3-6,8,10,13,16,24H,2,7,9,11H2,1H3/t13-,16-/m0/s1. The van der Waals surface area contributed by atoms with E-state index in [4.69, 9.17) is 0 Å². The van der Waals surface area contributed by atoms with Gasteiger partial charge in [-0.2, -0.15) is 18.3 Å². The average Bonchev–Trinajstić information content (AvgIpc) is 3.13. The Hall–Kier alpha value is -1.86. The molecule has 0 saturated carbocycles. The molecule has 1 aliphatic heterocycles. The lowest BCUT2D eigenvalue weighted by Gasteiger charge is -2.26. The lowest BCUT2D eigenvalue weighted by atomic mass is 9.97. The Morgan fingerprint density at radius 2 is 2.04 bits per heavy atom. The molecular weight excluding hydrogens is 319 g/mol. The average molecular weight is 339 g/mol. The Morgan fingerprint density at radius 3 is 2.71 bits per heavy atom. The highest BCUT2D eigenvalue weighted by Crippen LogP contribution is 2.40. The first-order valence-electron chi connectivity index (χ1n) is 7.98. The van der Waals surface area contributed by atoms with E-state index in [1.54, 1.807) is 16.9 Å². The second-order valence-electron chi connectivity index (χ2n) is 6.12. The topological polar surface area (TPSA) is 41.3 Å². The van der Waals surface area contributed by atoms with Gasteiger partial charge in [0.2, 0.25) is 0 Å². The number of β-amino-alcohol motifs (C(OH)–C–C–N with tert-alkyl or cyclic N) is 1. The van der Waals surface area contributed by atoms with E-state index >= 15 is 0 Å². The summed E-state index contributed by atoms with van der Waals surface area (Å²) in [7, 11) is 0. The fraction of sp³-hybridized carbons (Fsp3) is 0.471. The number of rotatable bonds is 4. The van der Waals surface area contributed by atoms with Crippen LogP contribution in [0.25, 0.3) is 0 Å². The van der Waals surface area contributed by atoms with Gasteiger partial charge in [0.05, 0.1) is 17.9 Å². The summed E-state index contributed by atoms with van der Waals surface area (Å²) in [5, 5.41) is 14.2. The number of halogens is 3. The number of aliphatic hydroxyl groups excluding tert-OH is 1. The number of likely N-dealkylation sites (tertiary alicyclic amines) is 1. The van der Waals surface area contributed by atoms with Crippen LogP contribution in [0.1, 0.15) is 36.1 Å². The third-order valence-corrected chi connectivity index (χ3v) is 4.40. The van der Waals surface area contributed by atoms with E-state index in [1.807, 2.05) is 18.0 Å². The van der Waals surface area contributed by atoms with Crippen LogP contribution < -0.4 is 0 Å². The highest BCUT2D eigenvalue weighted by Gasteiger charge is 2.39. The number of aliphatic hydroxyl groups is 1. The van der Waals surface area contributed by atoms with Crippen molar-refractivity contribution in [2.75, 3.05) is 6.54 Å². The van der Waals surface area contributed by atoms with Gasteiger partial charge >= 0.3 is 6.18 Å². The van der Waals surface area contributed by atoms with Crippen LogP contribution in [0, 0.1) is 0 Å². The summed E-state index contributed by atoms with van der Waals surface area (Å²) in [5.41, 5.74) is 0.531. The van der Waals surface area contributed by atoms with Crippen LogP contribution >= 0.6 is 0 Å². The van der Waals surface area contributed by atoms with Crippen LogP contribution in [0.5, 0.6) is 0 Å². The van der Waals surface area contributed by atoms with Gasteiger partial charge in [-0.1, -0.05) is 18.2 Å². The highest BCUT2D eigenvalue weighted by atomic mass is 19.4. The SMILES string of the molecule is CCn1cc(CN2C[C@@H](O)C[C@H]2c2ccccc2C(F)(F)F)cn1. The van der Waals surface area contributed by atoms with Crippen molar-refractivity contribution in [3.63, 3.8) is 0 Å². The zero-order valence-electron chi connectivity index (χ0n) is 13.4. The van der Waals surface area contributed by atoms with Crippen molar-refractivity contribution in [2.24, 2.45) is 0 Å². The van der Waals surface area contributed by atoms with Crippen LogP contribution in [-0.4, -0.2) is 32.4 Å². The molecule has 1 saturated heterocycles. The Bertz CT molecular complexity index is 698. The minimum atomic E-state index is -4.40. The van der Waals surface area contributed by atoms with Gasteiger partial charge in [0.1, 0.15) is 0 Å². The van der Waals surface area contributed by atoms with Gasteiger partial charge in [-0.3, -0.25) is 9.58 Å². The fourth-order valence-corrected chi connectivity index (χ4v) is 3.32. The van der Waals surface area contributed by atoms with Crippen molar-refractivity contribution in [2.45, 2.75) is 44.8 Å². The van der Waals surface area contributed by atoms with E-state index in [9.17, 15) is 18.3 Å². The number of alkyl halides is 3. The first kappa shape index (κ1) is 17.0. The van der Waals surface area contributed by atoms with Crippen molar-refractivity contribution < 1.29 is 18.3 Å². The summed E-state index contributed by atoms with van der Waals surface area (Å²) in [5.74, 6) is 0. The minimum Gasteiger partial charge on any atom is -0.392 e. The maximum atomic E-state index is 13.3. The number of benzene rings is 1. The molecule has 1 aliphatic rings. The first-order valence-corrected chi connectivity index (χ1v) is 7.98. The zero-order valence-corrected chi connectivity index (χ0v) is 13.4.